The molecule has 0 aliphatic carbocycles. The van der Waals surface area contributed by atoms with Gasteiger partial charge in [0.15, 0.2) is 0 Å². The topological polar surface area (TPSA) is 104 Å². The molecule has 2 aromatic rings. The Morgan fingerprint density at radius 1 is 1.29 bits per heavy atom. The molecule has 0 unspecified atom stereocenters. The SMILES string of the molecule is CCc1cn[nH]c1NS(=O)(=O)c1cn[nH]c1C. The maximum atomic E-state index is 12.0. The fraction of sp³-hybridized carbons (Fsp3) is 0.333. The summed E-state index contributed by atoms with van der Waals surface area (Å²) in [6.45, 7) is 3.57. The van der Waals surface area contributed by atoms with E-state index in [1.807, 2.05) is 6.92 Å². The molecule has 7 nitrogen and oxygen atoms in total. The van der Waals surface area contributed by atoms with Gasteiger partial charge in [0, 0.05) is 5.56 Å². The summed E-state index contributed by atoms with van der Waals surface area (Å²) in [6, 6.07) is 0. The van der Waals surface area contributed by atoms with Gasteiger partial charge in [-0.25, -0.2) is 8.42 Å². The Morgan fingerprint density at radius 3 is 2.59 bits per heavy atom. The number of nitrogens with zero attached hydrogens (tertiary/aromatic N) is 2. The fourth-order valence-corrected chi connectivity index (χ4v) is 2.66. The van der Waals surface area contributed by atoms with E-state index in [1.54, 1.807) is 13.1 Å². The minimum atomic E-state index is -3.62. The smallest absolute Gasteiger partial charge is 0.266 e. The Bertz CT molecular complexity index is 613. The van der Waals surface area contributed by atoms with Crippen LogP contribution in [0.1, 0.15) is 18.2 Å². The summed E-state index contributed by atoms with van der Waals surface area (Å²) >= 11 is 0. The highest BCUT2D eigenvalue weighted by molar-refractivity contribution is 7.92. The van der Waals surface area contributed by atoms with Gasteiger partial charge in [0.05, 0.1) is 18.1 Å². The zero-order chi connectivity index (χ0) is 12.5. The highest BCUT2D eigenvalue weighted by atomic mass is 32.2. The van der Waals surface area contributed by atoms with Crippen molar-refractivity contribution in [3.05, 3.63) is 23.7 Å². The molecule has 0 saturated heterocycles. The van der Waals surface area contributed by atoms with E-state index in [0.29, 0.717) is 17.9 Å². The Kier molecular flexibility index (Phi) is 2.88. The van der Waals surface area contributed by atoms with Gasteiger partial charge in [0.1, 0.15) is 10.7 Å². The Balaban J connectivity index is 2.33. The molecule has 8 heteroatoms. The highest BCUT2D eigenvalue weighted by Gasteiger charge is 2.20. The second-order valence-electron chi connectivity index (χ2n) is 3.59. The summed E-state index contributed by atoms with van der Waals surface area (Å²) in [4.78, 5) is 0.133. The lowest BCUT2D eigenvalue weighted by Crippen LogP contribution is -2.14. The second kappa shape index (κ2) is 4.21. The summed E-state index contributed by atoms with van der Waals surface area (Å²) in [5, 5.41) is 12.7. The first-order valence-electron chi connectivity index (χ1n) is 5.09. The number of hydrogen-bond donors (Lipinski definition) is 3. The first-order valence-corrected chi connectivity index (χ1v) is 6.58. The average Bonchev–Trinajstić information content (AvgIpc) is 2.86. The minimum absolute atomic E-state index is 0.133. The third kappa shape index (κ3) is 2.16. The number of anilines is 1. The number of H-pyrrole nitrogens is 2. The van der Waals surface area contributed by atoms with Crippen molar-refractivity contribution in [1.82, 2.24) is 20.4 Å². The first-order chi connectivity index (χ1) is 8.04. The van der Waals surface area contributed by atoms with Crippen LogP contribution in [0.25, 0.3) is 0 Å². The van der Waals surface area contributed by atoms with Gasteiger partial charge in [-0.15, -0.1) is 0 Å². The van der Waals surface area contributed by atoms with Crippen LogP contribution < -0.4 is 4.72 Å². The lowest BCUT2D eigenvalue weighted by molar-refractivity contribution is 0.600. The number of sulfonamides is 1. The Morgan fingerprint density at radius 2 is 2.00 bits per heavy atom. The van der Waals surface area contributed by atoms with Crippen LogP contribution in [-0.2, 0) is 16.4 Å². The van der Waals surface area contributed by atoms with Gasteiger partial charge in [-0.05, 0) is 13.3 Å². The molecule has 92 valence electrons. The molecule has 0 fully saturated rings. The van der Waals surface area contributed by atoms with Crippen molar-refractivity contribution >= 4 is 15.8 Å². The van der Waals surface area contributed by atoms with Crippen LogP contribution in [0.2, 0.25) is 0 Å². The van der Waals surface area contributed by atoms with E-state index in [2.05, 4.69) is 25.1 Å². The molecule has 0 atom stereocenters. The molecule has 0 radical (unpaired) electrons. The number of aromatic amines is 2. The van der Waals surface area contributed by atoms with Gasteiger partial charge in [0.2, 0.25) is 0 Å². The van der Waals surface area contributed by atoms with Gasteiger partial charge >= 0.3 is 0 Å². The molecule has 17 heavy (non-hydrogen) atoms. The summed E-state index contributed by atoms with van der Waals surface area (Å²) in [5.74, 6) is 0.396. The molecule has 0 bridgehead atoms. The van der Waals surface area contributed by atoms with Crippen molar-refractivity contribution in [2.45, 2.75) is 25.2 Å². The predicted molar refractivity (Wildman–Crippen MR) is 62.1 cm³/mol. The summed E-state index contributed by atoms with van der Waals surface area (Å²) < 4.78 is 26.5. The largest absolute Gasteiger partial charge is 0.281 e. The van der Waals surface area contributed by atoms with E-state index >= 15 is 0 Å². The third-order valence-corrected chi connectivity index (χ3v) is 3.87. The van der Waals surface area contributed by atoms with Crippen LogP contribution in [-0.4, -0.2) is 28.8 Å². The van der Waals surface area contributed by atoms with Crippen molar-refractivity contribution in [2.24, 2.45) is 0 Å². The minimum Gasteiger partial charge on any atom is -0.281 e. The molecule has 0 aromatic carbocycles. The molecular formula is C9H13N5O2S. The second-order valence-corrected chi connectivity index (χ2v) is 5.24. The quantitative estimate of drug-likeness (QED) is 0.751. The zero-order valence-corrected chi connectivity index (χ0v) is 10.3. The van der Waals surface area contributed by atoms with Gasteiger partial charge in [-0.1, -0.05) is 6.92 Å². The molecule has 2 heterocycles. The van der Waals surface area contributed by atoms with Crippen molar-refractivity contribution in [3.63, 3.8) is 0 Å². The molecular weight excluding hydrogens is 242 g/mol. The normalized spacial score (nSPS) is 11.6. The van der Waals surface area contributed by atoms with E-state index in [9.17, 15) is 8.42 Å². The standard InChI is InChI=1S/C9H13N5O2S/c1-3-7-4-10-13-9(7)14-17(15,16)8-5-11-12-6(8)2/h4-5H,3H2,1-2H3,(H,11,12)(H2,10,13,14). The third-order valence-electron chi connectivity index (χ3n) is 2.41. The summed E-state index contributed by atoms with van der Waals surface area (Å²) in [7, 11) is -3.62. The van der Waals surface area contributed by atoms with Crippen LogP contribution in [0.15, 0.2) is 17.3 Å². The maximum Gasteiger partial charge on any atom is 0.266 e. The van der Waals surface area contributed by atoms with Gasteiger partial charge in [0.25, 0.3) is 10.0 Å². The number of aryl methyl sites for hydroxylation is 2. The van der Waals surface area contributed by atoms with E-state index in [0.717, 1.165) is 5.56 Å². The van der Waals surface area contributed by atoms with E-state index in [-0.39, 0.29) is 4.90 Å². The van der Waals surface area contributed by atoms with Gasteiger partial charge in [-0.3, -0.25) is 14.9 Å². The predicted octanol–water partition coefficient (Wildman–Crippen LogP) is 0.804. The molecule has 2 rings (SSSR count). The van der Waals surface area contributed by atoms with E-state index < -0.39 is 10.0 Å². The van der Waals surface area contributed by atoms with Crippen molar-refractivity contribution in [1.29, 1.82) is 0 Å². The fourth-order valence-electron chi connectivity index (χ4n) is 1.47. The molecule has 0 amide bonds. The first kappa shape index (κ1) is 11.6. The average molecular weight is 255 g/mol. The van der Waals surface area contributed by atoms with Crippen LogP contribution >= 0.6 is 0 Å². The summed E-state index contributed by atoms with van der Waals surface area (Å²) in [5.41, 5.74) is 1.31. The van der Waals surface area contributed by atoms with Crippen molar-refractivity contribution in [2.75, 3.05) is 4.72 Å². The van der Waals surface area contributed by atoms with Gasteiger partial charge < -0.3 is 0 Å². The van der Waals surface area contributed by atoms with Crippen molar-refractivity contribution in [3.8, 4) is 0 Å². The lowest BCUT2D eigenvalue weighted by Gasteiger charge is -2.06. The molecule has 0 spiro atoms. The molecule has 0 aliphatic rings. The lowest BCUT2D eigenvalue weighted by atomic mass is 10.3. The number of aromatic nitrogens is 4. The Hall–Kier alpha value is -1.83. The maximum absolute atomic E-state index is 12.0. The van der Waals surface area contributed by atoms with Crippen LogP contribution in [0.4, 0.5) is 5.82 Å². The zero-order valence-electron chi connectivity index (χ0n) is 9.48. The molecule has 3 N–H and O–H groups in total. The van der Waals surface area contributed by atoms with Crippen LogP contribution in [0.3, 0.4) is 0 Å². The van der Waals surface area contributed by atoms with Gasteiger partial charge in [-0.2, -0.15) is 10.2 Å². The monoisotopic (exact) mass is 255 g/mol. The Labute approximate surface area is 98.7 Å². The van der Waals surface area contributed by atoms with E-state index in [4.69, 9.17) is 0 Å². The van der Waals surface area contributed by atoms with E-state index in [1.165, 1.54) is 6.20 Å². The summed E-state index contributed by atoms with van der Waals surface area (Å²) in [6.07, 6.45) is 3.57. The highest BCUT2D eigenvalue weighted by Crippen LogP contribution is 2.18. The number of hydrogen-bond acceptors (Lipinski definition) is 4. The number of nitrogens with one attached hydrogen (secondary N) is 3. The number of rotatable bonds is 4. The molecule has 0 saturated carbocycles. The van der Waals surface area contributed by atoms with Crippen molar-refractivity contribution < 1.29 is 8.42 Å². The molecule has 2 aromatic heterocycles. The van der Waals surface area contributed by atoms with Crippen LogP contribution in [0, 0.1) is 6.92 Å². The van der Waals surface area contributed by atoms with Crippen LogP contribution in [0.5, 0.6) is 0 Å². The molecule has 0 aliphatic heterocycles.